The van der Waals surface area contributed by atoms with Crippen LogP contribution in [0.2, 0.25) is 0 Å². The minimum Gasteiger partial charge on any atom is -0.467 e. The number of hydrogen-bond donors (Lipinski definition) is 2. The Labute approximate surface area is 128 Å². The van der Waals surface area contributed by atoms with Crippen LogP contribution in [0, 0.1) is 0 Å². The Balaban J connectivity index is 1.85. The first-order valence-electron chi connectivity index (χ1n) is 7.36. The molecule has 1 unspecified atom stereocenters. The number of aliphatic hydroxyl groups is 1. The van der Waals surface area contributed by atoms with E-state index < -0.39 is 0 Å². The van der Waals surface area contributed by atoms with Crippen LogP contribution in [0.25, 0.3) is 0 Å². The molecule has 0 spiro atoms. The van der Waals surface area contributed by atoms with Crippen molar-refractivity contribution >= 4 is 11.8 Å². The molecule has 1 fully saturated rings. The van der Waals surface area contributed by atoms with Gasteiger partial charge >= 0.3 is 0 Å². The number of nitrogen functional groups attached to an aromatic ring is 1. The molecule has 22 heavy (non-hydrogen) atoms. The molecule has 0 bridgehead atoms. The van der Waals surface area contributed by atoms with Gasteiger partial charge in [-0.1, -0.05) is 0 Å². The summed E-state index contributed by atoms with van der Waals surface area (Å²) in [5.74, 6) is 1.99. The van der Waals surface area contributed by atoms with E-state index in [2.05, 4.69) is 9.97 Å². The van der Waals surface area contributed by atoms with Crippen LogP contribution in [0.3, 0.4) is 0 Å². The second-order valence-electron chi connectivity index (χ2n) is 5.29. The molecule has 0 amide bonds. The average Bonchev–Trinajstić information content (AvgIpc) is 3.20. The number of nitrogens with two attached hydrogens (primary N) is 1. The molecule has 1 aliphatic rings. The lowest BCUT2D eigenvalue weighted by molar-refractivity contribution is 0.193. The SMILES string of the molecule is Nc1nc(C2CCOC2)cc(N(CCO)Cc2ccco2)n1. The molecule has 2 aromatic heterocycles. The maximum absolute atomic E-state index is 9.31. The second kappa shape index (κ2) is 6.76. The van der Waals surface area contributed by atoms with E-state index in [1.165, 1.54) is 0 Å². The fraction of sp³-hybridized carbons (Fsp3) is 0.467. The Bertz CT molecular complexity index is 597. The first-order valence-corrected chi connectivity index (χ1v) is 7.36. The molecule has 0 radical (unpaired) electrons. The number of aromatic nitrogens is 2. The van der Waals surface area contributed by atoms with Crippen LogP contribution in [0.1, 0.15) is 23.8 Å². The van der Waals surface area contributed by atoms with E-state index in [1.807, 2.05) is 23.1 Å². The topological polar surface area (TPSA) is 97.6 Å². The van der Waals surface area contributed by atoms with E-state index in [9.17, 15) is 5.11 Å². The van der Waals surface area contributed by atoms with Gasteiger partial charge in [-0.3, -0.25) is 0 Å². The molecule has 2 aromatic rings. The summed E-state index contributed by atoms with van der Waals surface area (Å²) in [5, 5.41) is 9.31. The summed E-state index contributed by atoms with van der Waals surface area (Å²) in [6.45, 7) is 2.39. The van der Waals surface area contributed by atoms with Crippen molar-refractivity contribution in [1.82, 2.24) is 9.97 Å². The van der Waals surface area contributed by atoms with Crippen molar-refractivity contribution in [3.05, 3.63) is 35.9 Å². The Kier molecular flexibility index (Phi) is 4.55. The highest BCUT2D eigenvalue weighted by Gasteiger charge is 2.22. The van der Waals surface area contributed by atoms with E-state index in [0.29, 0.717) is 25.5 Å². The molecule has 1 aliphatic heterocycles. The zero-order valence-electron chi connectivity index (χ0n) is 12.3. The summed E-state index contributed by atoms with van der Waals surface area (Å²) < 4.78 is 10.8. The zero-order chi connectivity index (χ0) is 15.4. The monoisotopic (exact) mass is 304 g/mol. The first kappa shape index (κ1) is 14.8. The Morgan fingerprint density at radius 2 is 2.32 bits per heavy atom. The smallest absolute Gasteiger partial charge is 0.222 e. The molecule has 118 valence electrons. The number of rotatable bonds is 6. The van der Waals surface area contributed by atoms with Crippen LogP contribution in [0.15, 0.2) is 28.9 Å². The summed E-state index contributed by atoms with van der Waals surface area (Å²) in [7, 11) is 0. The van der Waals surface area contributed by atoms with Crippen LogP contribution < -0.4 is 10.6 Å². The lowest BCUT2D eigenvalue weighted by Crippen LogP contribution is -2.27. The highest BCUT2D eigenvalue weighted by molar-refractivity contribution is 5.44. The van der Waals surface area contributed by atoms with Crippen molar-refractivity contribution in [2.45, 2.75) is 18.9 Å². The molecule has 7 heteroatoms. The standard InChI is InChI=1S/C15H20N4O3/c16-15-17-13(11-3-7-21-10-11)8-14(18-15)19(4-5-20)9-12-2-1-6-22-12/h1-2,6,8,11,20H,3-5,7,9-10H2,(H2,16,17,18). The number of furan rings is 1. The third-order valence-corrected chi connectivity index (χ3v) is 3.72. The normalized spacial score (nSPS) is 17.8. The molecule has 7 nitrogen and oxygen atoms in total. The third-order valence-electron chi connectivity index (χ3n) is 3.72. The number of hydrogen-bond acceptors (Lipinski definition) is 7. The lowest BCUT2D eigenvalue weighted by Gasteiger charge is -2.23. The number of aliphatic hydroxyl groups excluding tert-OH is 1. The van der Waals surface area contributed by atoms with E-state index in [1.54, 1.807) is 6.26 Å². The van der Waals surface area contributed by atoms with E-state index >= 15 is 0 Å². The van der Waals surface area contributed by atoms with Crippen molar-refractivity contribution in [1.29, 1.82) is 0 Å². The van der Waals surface area contributed by atoms with Crippen molar-refractivity contribution < 1.29 is 14.3 Å². The van der Waals surface area contributed by atoms with Gasteiger partial charge in [0.05, 0.1) is 31.7 Å². The van der Waals surface area contributed by atoms with E-state index in [0.717, 1.165) is 24.5 Å². The van der Waals surface area contributed by atoms with Crippen molar-refractivity contribution in [2.75, 3.05) is 37.0 Å². The largest absolute Gasteiger partial charge is 0.467 e. The molecular weight excluding hydrogens is 284 g/mol. The summed E-state index contributed by atoms with van der Waals surface area (Å²) in [6.07, 6.45) is 2.57. The minimum atomic E-state index is 0.0203. The molecule has 1 atom stereocenters. The van der Waals surface area contributed by atoms with Gasteiger partial charge in [-0.25, -0.2) is 4.98 Å². The average molecular weight is 304 g/mol. The van der Waals surface area contributed by atoms with Crippen molar-refractivity contribution in [3.63, 3.8) is 0 Å². The predicted molar refractivity (Wildman–Crippen MR) is 81.5 cm³/mol. The second-order valence-corrected chi connectivity index (χ2v) is 5.29. The number of anilines is 2. The van der Waals surface area contributed by atoms with Crippen LogP contribution in [-0.2, 0) is 11.3 Å². The Morgan fingerprint density at radius 1 is 1.41 bits per heavy atom. The fourth-order valence-corrected chi connectivity index (χ4v) is 2.60. The maximum atomic E-state index is 9.31. The molecule has 0 saturated carbocycles. The lowest BCUT2D eigenvalue weighted by atomic mass is 10.0. The highest BCUT2D eigenvalue weighted by atomic mass is 16.5. The van der Waals surface area contributed by atoms with Crippen LogP contribution >= 0.6 is 0 Å². The van der Waals surface area contributed by atoms with Crippen molar-refractivity contribution in [2.24, 2.45) is 0 Å². The summed E-state index contributed by atoms with van der Waals surface area (Å²) >= 11 is 0. The number of nitrogens with zero attached hydrogens (tertiary/aromatic N) is 3. The van der Waals surface area contributed by atoms with Gasteiger partial charge in [0, 0.05) is 25.1 Å². The molecule has 3 rings (SSSR count). The molecule has 1 saturated heterocycles. The molecule has 3 heterocycles. The van der Waals surface area contributed by atoms with Crippen LogP contribution in [0.5, 0.6) is 0 Å². The van der Waals surface area contributed by atoms with Gasteiger partial charge in [0.15, 0.2) is 0 Å². The Morgan fingerprint density at radius 3 is 3.00 bits per heavy atom. The fourth-order valence-electron chi connectivity index (χ4n) is 2.60. The van der Waals surface area contributed by atoms with Gasteiger partial charge in [0.25, 0.3) is 0 Å². The first-order chi connectivity index (χ1) is 10.8. The quantitative estimate of drug-likeness (QED) is 0.826. The Hall–Kier alpha value is -2.12. The van der Waals surface area contributed by atoms with Gasteiger partial charge in [0.2, 0.25) is 5.95 Å². The van der Waals surface area contributed by atoms with Gasteiger partial charge in [-0.15, -0.1) is 0 Å². The van der Waals surface area contributed by atoms with Gasteiger partial charge in [-0.05, 0) is 18.6 Å². The summed E-state index contributed by atoms with van der Waals surface area (Å²) in [5.41, 5.74) is 6.75. The summed E-state index contributed by atoms with van der Waals surface area (Å²) in [6, 6.07) is 5.65. The highest BCUT2D eigenvalue weighted by Crippen LogP contribution is 2.27. The summed E-state index contributed by atoms with van der Waals surface area (Å²) in [4.78, 5) is 10.6. The molecule has 3 N–H and O–H groups in total. The van der Waals surface area contributed by atoms with E-state index in [-0.39, 0.29) is 18.5 Å². The van der Waals surface area contributed by atoms with Gasteiger partial charge in [-0.2, -0.15) is 4.98 Å². The zero-order valence-corrected chi connectivity index (χ0v) is 12.3. The minimum absolute atomic E-state index is 0.0203. The number of ether oxygens (including phenoxy) is 1. The third kappa shape index (κ3) is 3.37. The van der Waals surface area contributed by atoms with Gasteiger partial charge < -0.3 is 24.9 Å². The maximum Gasteiger partial charge on any atom is 0.222 e. The molecule has 0 aromatic carbocycles. The molecular formula is C15H20N4O3. The van der Waals surface area contributed by atoms with E-state index in [4.69, 9.17) is 14.9 Å². The van der Waals surface area contributed by atoms with Crippen molar-refractivity contribution in [3.8, 4) is 0 Å². The van der Waals surface area contributed by atoms with Crippen LogP contribution in [-0.4, -0.2) is 41.4 Å². The molecule has 0 aliphatic carbocycles. The van der Waals surface area contributed by atoms with Crippen LogP contribution in [0.4, 0.5) is 11.8 Å². The predicted octanol–water partition coefficient (Wildman–Crippen LogP) is 1.15. The van der Waals surface area contributed by atoms with Gasteiger partial charge in [0.1, 0.15) is 11.6 Å².